The van der Waals surface area contributed by atoms with Crippen LogP contribution in [0.3, 0.4) is 0 Å². The molecule has 2 aliphatic heterocycles. The van der Waals surface area contributed by atoms with Crippen LogP contribution in [0.25, 0.3) is 17.0 Å². The number of thioether (sulfide) groups is 1. The van der Waals surface area contributed by atoms with Gasteiger partial charge >= 0.3 is 6.18 Å². The van der Waals surface area contributed by atoms with Crippen LogP contribution in [0, 0.1) is 0 Å². The number of hydrogen-bond acceptors (Lipinski definition) is 8. The zero-order valence-electron chi connectivity index (χ0n) is 21.4. The van der Waals surface area contributed by atoms with Crippen LogP contribution >= 0.6 is 11.8 Å². The van der Waals surface area contributed by atoms with Crippen molar-refractivity contribution in [3.8, 4) is 0 Å². The minimum atomic E-state index is -4.74. The second-order valence-corrected chi connectivity index (χ2v) is 12.6. The zero-order valence-corrected chi connectivity index (χ0v) is 23.1. The molecule has 0 bridgehead atoms. The van der Waals surface area contributed by atoms with Gasteiger partial charge in [0.05, 0.1) is 40.2 Å². The molecule has 3 heterocycles. The molecule has 2 aliphatic rings. The molecular weight excluding hydrogens is 567 g/mol. The number of nitrogens with zero attached hydrogens (tertiary/aromatic N) is 5. The Labute approximate surface area is 232 Å². The summed E-state index contributed by atoms with van der Waals surface area (Å²) in [6.45, 7) is 3.50. The third kappa shape index (κ3) is 6.09. The monoisotopic (exact) mass is 593 g/mol. The van der Waals surface area contributed by atoms with Crippen LogP contribution in [0.1, 0.15) is 16.7 Å². The second kappa shape index (κ2) is 11.0. The van der Waals surface area contributed by atoms with Crippen LogP contribution in [0.5, 0.6) is 0 Å². The van der Waals surface area contributed by atoms with Crippen molar-refractivity contribution in [2.75, 3.05) is 45.6 Å². The Morgan fingerprint density at radius 3 is 2.52 bits per heavy atom. The van der Waals surface area contributed by atoms with Crippen molar-refractivity contribution in [1.82, 2.24) is 19.6 Å². The lowest BCUT2D eigenvalue weighted by Gasteiger charge is -2.34. The maximum Gasteiger partial charge on any atom is 0.416 e. The number of hydrogen-bond donors (Lipinski definition) is 1. The zero-order chi connectivity index (χ0) is 28.7. The lowest BCUT2D eigenvalue weighted by Crippen LogP contribution is -2.48. The van der Waals surface area contributed by atoms with Crippen LogP contribution in [-0.4, -0.2) is 89.8 Å². The SMILES string of the molecule is CS(=O)(=O)c1ccc(Cn2ncc3cc(/C=C4\SC(N5CCN(CCO)CC5)=NC4=O)ccc32)c(C(F)(F)F)c1. The van der Waals surface area contributed by atoms with Crippen molar-refractivity contribution >= 4 is 49.7 Å². The molecule has 0 spiro atoms. The van der Waals surface area contributed by atoms with Crippen molar-refractivity contribution in [1.29, 1.82) is 0 Å². The number of amides is 1. The van der Waals surface area contributed by atoms with Gasteiger partial charge in [-0.15, -0.1) is 0 Å². The Kier molecular flexibility index (Phi) is 7.79. The number of sulfone groups is 1. The molecule has 40 heavy (non-hydrogen) atoms. The summed E-state index contributed by atoms with van der Waals surface area (Å²) < 4.78 is 66.3. The summed E-state index contributed by atoms with van der Waals surface area (Å²) in [4.78, 5) is 21.1. The van der Waals surface area contributed by atoms with Crippen LogP contribution in [0.2, 0.25) is 0 Å². The van der Waals surface area contributed by atoms with Gasteiger partial charge in [-0.2, -0.15) is 23.3 Å². The van der Waals surface area contributed by atoms with Gasteiger partial charge < -0.3 is 10.0 Å². The smallest absolute Gasteiger partial charge is 0.395 e. The van der Waals surface area contributed by atoms with E-state index in [1.165, 1.54) is 28.7 Å². The molecule has 14 heteroatoms. The fraction of sp³-hybridized carbons (Fsp3) is 0.346. The number of halogens is 3. The molecule has 0 unspecified atom stereocenters. The van der Waals surface area contributed by atoms with Crippen molar-refractivity contribution in [3.63, 3.8) is 0 Å². The van der Waals surface area contributed by atoms with Gasteiger partial charge in [0.1, 0.15) is 0 Å². The van der Waals surface area contributed by atoms with E-state index in [4.69, 9.17) is 5.11 Å². The molecule has 1 N–H and O–H groups in total. The Morgan fingerprint density at radius 2 is 1.85 bits per heavy atom. The van der Waals surface area contributed by atoms with E-state index in [2.05, 4.69) is 19.9 Å². The quantitative estimate of drug-likeness (QED) is 0.435. The summed E-state index contributed by atoms with van der Waals surface area (Å²) in [6, 6.07) is 8.25. The normalized spacial score (nSPS) is 18.2. The molecular formula is C26H26F3N5O4S2. The van der Waals surface area contributed by atoms with Crippen LogP contribution in [0.15, 0.2) is 57.4 Å². The summed E-state index contributed by atoms with van der Waals surface area (Å²) in [5.41, 5.74) is 0.180. The third-order valence-electron chi connectivity index (χ3n) is 6.77. The van der Waals surface area contributed by atoms with Crippen LogP contribution in [0.4, 0.5) is 13.2 Å². The van der Waals surface area contributed by atoms with E-state index in [0.717, 1.165) is 31.0 Å². The topological polar surface area (TPSA) is 108 Å². The number of piperazine rings is 1. The number of aliphatic hydroxyl groups excluding tert-OH is 1. The van der Waals surface area contributed by atoms with Gasteiger partial charge in [0.15, 0.2) is 15.0 Å². The van der Waals surface area contributed by atoms with Crippen molar-refractivity contribution in [2.45, 2.75) is 17.6 Å². The van der Waals surface area contributed by atoms with E-state index < -0.39 is 26.5 Å². The highest BCUT2D eigenvalue weighted by molar-refractivity contribution is 8.18. The predicted octanol–water partition coefficient (Wildman–Crippen LogP) is 3.09. The average molecular weight is 594 g/mol. The number of fused-ring (bicyclic) bond motifs is 1. The summed E-state index contributed by atoms with van der Waals surface area (Å²) in [6.07, 6.45) is -0.611. The summed E-state index contributed by atoms with van der Waals surface area (Å²) >= 11 is 1.30. The van der Waals surface area contributed by atoms with E-state index in [-0.39, 0.29) is 24.6 Å². The maximum absolute atomic E-state index is 13.7. The highest BCUT2D eigenvalue weighted by atomic mass is 32.2. The first-order valence-corrected chi connectivity index (χ1v) is 15.1. The second-order valence-electron chi connectivity index (χ2n) is 9.57. The molecule has 5 rings (SSSR count). The summed E-state index contributed by atoms with van der Waals surface area (Å²) in [5, 5.41) is 14.7. The fourth-order valence-electron chi connectivity index (χ4n) is 4.66. The minimum absolute atomic E-state index is 0.106. The Hall–Kier alpha value is -3.20. The van der Waals surface area contributed by atoms with Crippen molar-refractivity contribution in [3.05, 3.63) is 64.2 Å². The maximum atomic E-state index is 13.7. The molecule has 212 valence electrons. The lowest BCUT2D eigenvalue weighted by atomic mass is 10.1. The Bertz CT molecular complexity index is 1620. The standard InChI is InChI=1S/C26H26F3N5O4S2/c1-40(37,38)20-4-3-18(21(14-20)26(27,28)29)16-34-22-5-2-17(12-19(22)15-30-34)13-23-24(36)31-25(39-23)33-8-6-32(7-9-33)10-11-35/h2-5,12-15,35H,6-11,16H2,1H3/b23-13-. The number of rotatable bonds is 6. The highest BCUT2D eigenvalue weighted by Crippen LogP contribution is 2.35. The van der Waals surface area contributed by atoms with Crippen LogP contribution in [-0.2, 0) is 27.4 Å². The van der Waals surface area contributed by atoms with Gasteiger partial charge in [-0.05, 0) is 53.2 Å². The number of carbonyl (C=O) groups is 1. The largest absolute Gasteiger partial charge is 0.416 e. The Balaban J connectivity index is 1.33. The number of carbonyl (C=O) groups excluding carboxylic acids is 1. The molecule has 3 aromatic rings. The number of benzene rings is 2. The first kappa shape index (κ1) is 28.3. The van der Waals surface area contributed by atoms with Gasteiger partial charge in [0.25, 0.3) is 5.91 Å². The number of alkyl halides is 3. The molecule has 0 radical (unpaired) electrons. The summed E-state index contributed by atoms with van der Waals surface area (Å²) in [7, 11) is -3.81. The average Bonchev–Trinajstić information content (AvgIpc) is 3.46. The lowest BCUT2D eigenvalue weighted by molar-refractivity contribution is -0.138. The first-order valence-electron chi connectivity index (χ1n) is 12.4. The number of β-amino-alcohol motifs (C(OH)–C–C–N with tert-alkyl or cyclic N) is 1. The number of aromatic nitrogens is 2. The molecule has 0 saturated carbocycles. The summed E-state index contributed by atoms with van der Waals surface area (Å²) in [5.74, 6) is -0.328. The molecule has 1 aromatic heterocycles. The molecule has 0 atom stereocenters. The van der Waals surface area contributed by atoms with Crippen LogP contribution < -0.4 is 0 Å². The predicted molar refractivity (Wildman–Crippen MR) is 146 cm³/mol. The van der Waals surface area contributed by atoms with Gasteiger partial charge in [-0.3, -0.25) is 14.4 Å². The highest BCUT2D eigenvalue weighted by Gasteiger charge is 2.34. The Morgan fingerprint density at radius 1 is 1.10 bits per heavy atom. The van der Waals surface area contributed by atoms with E-state index in [1.54, 1.807) is 24.3 Å². The van der Waals surface area contributed by atoms with Crippen molar-refractivity contribution in [2.24, 2.45) is 4.99 Å². The number of aliphatic hydroxyl groups is 1. The first-order chi connectivity index (χ1) is 18.9. The van der Waals surface area contributed by atoms with Gasteiger partial charge in [0.2, 0.25) is 0 Å². The van der Waals surface area contributed by atoms with E-state index in [9.17, 15) is 26.4 Å². The molecule has 1 fully saturated rings. The van der Waals surface area contributed by atoms with Gasteiger partial charge in [-0.25, -0.2) is 8.42 Å². The molecule has 2 aromatic carbocycles. The molecule has 0 aliphatic carbocycles. The molecule has 1 amide bonds. The fourth-order valence-corrected chi connectivity index (χ4v) is 6.27. The number of aliphatic imine (C=N–C) groups is 1. The van der Waals surface area contributed by atoms with E-state index in [0.29, 0.717) is 46.7 Å². The van der Waals surface area contributed by atoms with Gasteiger partial charge in [-0.1, -0.05) is 12.1 Å². The molecule has 9 nitrogen and oxygen atoms in total. The van der Waals surface area contributed by atoms with E-state index >= 15 is 0 Å². The molecule has 1 saturated heterocycles. The van der Waals surface area contributed by atoms with E-state index in [1.807, 2.05) is 0 Å². The van der Waals surface area contributed by atoms with Gasteiger partial charge in [0, 0.05) is 44.4 Å². The third-order valence-corrected chi connectivity index (χ3v) is 8.92. The number of amidine groups is 1. The van der Waals surface area contributed by atoms with Crippen molar-refractivity contribution < 1.29 is 31.5 Å². The minimum Gasteiger partial charge on any atom is -0.395 e.